The molecule has 0 bridgehead atoms. The lowest BCUT2D eigenvalue weighted by Gasteiger charge is -2.22. The van der Waals surface area contributed by atoms with Crippen LogP contribution in [0.1, 0.15) is 46.8 Å². The number of esters is 1. The van der Waals surface area contributed by atoms with Crippen molar-refractivity contribution in [2.45, 2.75) is 32.7 Å². The molecule has 0 aliphatic heterocycles. The van der Waals surface area contributed by atoms with E-state index >= 15 is 0 Å². The molecule has 1 amide bonds. The molecule has 0 fully saturated rings. The van der Waals surface area contributed by atoms with Crippen LogP contribution in [0, 0.1) is 5.92 Å². The average Bonchev–Trinajstić information content (AvgIpc) is 3.31. The van der Waals surface area contributed by atoms with E-state index in [0.29, 0.717) is 19.4 Å². The lowest BCUT2D eigenvalue weighted by atomic mass is 9.94. The highest BCUT2D eigenvalue weighted by Crippen LogP contribution is 2.21. The Morgan fingerprint density at radius 3 is 2.18 bits per heavy atom. The Hall–Kier alpha value is -3.87. The van der Waals surface area contributed by atoms with Crippen molar-refractivity contribution in [3.63, 3.8) is 0 Å². The molecular formula is C26H28N2O5. The number of carboxylic acid groups (broad SMARTS) is 1. The molecule has 0 aliphatic rings. The first-order valence-electron chi connectivity index (χ1n) is 10.9. The largest absolute Gasteiger partial charge is 0.477 e. The predicted molar refractivity (Wildman–Crippen MR) is 125 cm³/mol. The SMILES string of the molecule is CCOC(=O)[C@H](C)CC(Cc1ccc(-c2ccccc2)cc1)NC(=O)c1ccc(C(=O)O)[nH]1. The van der Waals surface area contributed by atoms with Crippen LogP contribution >= 0.6 is 0 Å². The minimum absolute atomic E-state index is 0.0620. The molecule has 2 atom stereocenters. The van der Waals surface area contributed by atoms with E-state index in [-0.39, 0.29) is 23.4 Å². The standard InChI is InChI=1S/C26H28N2O5/c1-3-33-26(32)17(2)15-21(27-24(29)22-13-14-23(28-22)25(30)31)16-18-9-11-20(12-10-18)19-7-5-4-6-8-19/h4-14,17,21,28H,3,15-16H2,1-2H3,(H,27,29)(H,30,31)/t17-,21?/m1/s1. The summed E-state index contributed by atoms with van der Waals surface area (Å²) in [4.78, 5) is 38.6. The van der Waals surface area contributed by atoms with E-state index in [1.807, 2.05) is 54.6 Å². The fourth-order valence-electron chi connectivity index (χ4n) is 3.66. The Balaban J connectivity index is 1.75. The zero-order valence-corrected chi connectivity index (χ0v) is 18.7. The summed E-state index contributed by atoms with van der Waals surface area (Å²) in [5.74, 6) is -2.29. The first kappa shape index (κ1) is 23.8. The second-order valence-electron chi connectivity index (χ2n) is 7.92. The molecule has 3 rings (SSSR count). The van der Waals surface area contributed by atoms with E-state index in [2.05, 4.69) is 10.3 Å². The summed E-state index contributed by atoms with van der Waals surface area (Å²) in [6.45, 7) is 3.82. The van der Waals surface area contributed by atoms with Gasteiger partial charge in [-0.05, 0) is 48.6 Å². The van der Waals surface area contributed by atoms with Gasteiger partial charge in [-0.25, -0.2) is 4.79 Å². The molecule has 2 aromatic carbocycles. The lowest BCUT2D eigenvalue weighted by molar-refractivity contribution is -0.147. The van der Waals surface area contributed by atoms with Crippen molar-refractivity contribution in [1.82, 2.24) is 10.3 Å². The maximum Gasteiger partial charge on any atom is 0.352 e. The van der Waals surface area contributed by atoms with Crippen molar-refractivity contribution < 1.29 is 24.2 Å². The number of aromatic carboxylic acids is 1. The second-order valence-corrected chi connectivity index (χ2v) is 7.92. The van der Waals surface area contributed by atoms with Gasteiger partial charge in [-0.15, -0.1) is 0 Å². The normalized spacial score (nSPS) is 12.5. The molecule has 0 aliphatic carbocycles. The van der Waals surface area contributed by atoms with Gasteiger partial charge in [0.2, 0.25) is 0 Å². The molecule has 7 heteroatoms. The van der Waals surface area contributed by atoms with Crippen molar-refractivity contribution in [3.05, 3.63) is 83.7 Å². The Labute approximate surface area is 192 Å². The molecule has 0 saturated heterocycles. The van der Waals surface area contributed by atoms with Gasteiger partial charge in [0.15, 0.2) is 0 Å². The number of rotatable bonds is 10. The Morgan fingerprint density at radius 1 is 0.939 bits per heavy atom. The smallest absolute Gasteiger partial charge is 0.352 e. The number of amides is 1. The van der Waals surface area contributed by atoms with Crippen LogP contribution in [0.3, 0.4) is 0 Å². The third-order valence-corrected chi connectivity index (χ3v) is 5.37. The van der Waals surface area contributed by atoms with E-state index in [4.69, 9.17) is 9.84 Å². The summed E-state index contributed by atoms with van der Waals surface area (Å²) >= 11 is 0. The Morgan fingerprint density at radius 2 is 1.58 bits per heavy atom. The molecule has 1 heterocycles. The highest BCUT2D eigenvalue weighted by molar-refractivity contribution is 5.95. The van der Waals surface area contributed by atoms with Gasteiger partial charge in [0.25, 0.3) is 5.91 Å². The van der Waals surface area contributed by atoms with Gasteiger partial charge in [-0.3, -0.25) is 9.59 Å². The first-order valence-corrected chi connectivity index (χ1v) is 10.9. The van der Waals surface area contributed by atoms with Gasteiger partial charge < -0.3 is 20.1 Å². The van der Waals surface area contributed by atoms with Crippen LogP contribution in [-0.2, 0) is 16.0 Å². The number of aromatic amines is 1. The molecule has 3 N–H and O–H groups in total. The number of carboxylic acids is 1. The number of hydrogen-bond acceptors (Lipinski definition) is 4. The van der Waals surface area contributed by atoms with E-state index in [1.165, 1.54) is 12.1 Å². The number of aromatic nitrogens is 1. The quantitative estimate of drug-likeness (QED) is 0.401. The van der Waals surface area contributed by atoms with E-state index in [1.54, 1.807) is 13.8 Å². The lowest BCUT2D eigenvalue weighted by Crippen LogP contribution is -2.39. The maximum absolute atomic E-state index is 12.7. The Bertz CT molecular complexity index is 1090. The van der Waals surface area contributed by atoms with Gasteiger partial charge in [0.05, 0.1) is 12.5 Å². The molecule has 1 unspecified atom stereocenters. The molecule has 3 aromatic rings. The number of carbonyl (C=O) groups excluding carboxylic acids is 2. The molecule has 0 saturated carbocycles. The van der Waals surface area contributed by atoms with Crippen LogP contribution in [0.5, 0.6) is 0 Å². The summed E-state index contributed by atoms with van der Waals surface area (Å²) in [5.41, 5.74) is 3.31. The van der Waals surface area contributed by atoms with Gasteiger partial charge in [0.1, 0.15) is 11.4 Å². The van der Waals surface area contributed by atoms with Gasteiger partial charge >= 0.3 is 11.9 Å². The fourth-order valence-corrected chi connectivity index (χ4v) is 3.66. The number of H-pyrrole nitrogens is 1. The number of ether oxygens (including phenoxy) is 1. The molecule has 7 nitrogen and oxygen atoms in total. The molecule has 33 heavy (non-hydrogen) atoms. The molecular weight excluding hydrogens is 420 g/mol. The predicted octanol–water partition coefficient (Wildman–Crippen LogP) is 4.31. The van der Waals surface area contributed by atoms with Crippen LogP contribution in [-0.4, -0.2) is 40.6 Å². The van der Waals surface area contributed by atoms with Crippen molar-refractivity contribution in [3.8, 4) is 11.1 Å². The van der Waals surface area contributed by atoms with Crippen molar-refractivity contribution in [2.75, 3.05) is 6.61 Å². The number of nitrogens with one attached hydrogen (secondary N) is 2. The number of hydrogen-bond donors (Lipinski definition) is 3. The molecule has 172 valence electrons. The summed E-state index contributed by atoms with van der Waals surface area (Å²) in [6.07, 6.45) is 0.897. The fraction of sp³-hybridized carbons (Fsp3) is 0.269. The summed E-state index contributed by atoms with van der Waals surface area (Å²) in [6, 6.07) is 20.5. The summed E-state index contributed by atoms with van der Waals surface area (Å²) in [5, 5.41) is 12.0. The van der Waals surface area contributed by atoms with Crippen LogP contribution in [0.2, 0.25) is 0 Å². The maximum atomic E-state index is 12.7. The van der Waals surface area contributed by atoms with Gasteiger partial charge in [-0.1, -0.05) is 61.5 Å². The average molecular weight is 449 g/mol. The van der Waals surface area contributed by atoms with Crippen molar-refractivity contribution >= 4 is 17.8 Å². The van der Waals surface area contributed by atoms with Gasteiger partial charge in [-0.2, -0.15) is 0 Å². The van der Waals surface area contributed by atoms with Crippen molar-refractivity contribution in [2.24, 2.45) is 5.92 Å². The monoisotopic (exact) mass is 448 g/mol. The summed E-state index contributed by atoms with van der Waals surface area (Å²) < 4.78 is 5.12. The van der Waals surface area contributed by atoms with Crippen LogP contribution in [0.4, 0.5) is 0 Å². The topological polar surface area (TPSA) is 108 Å². The van der Waals surface area contributed by atoms with Crippen LogP contribution in [0.25, 0.3) is 11.1 Å². The molecule has 0 radical (unpaired) electrons. The van der Waals surface area contributed by atoms with Crippen LogP contribution in [0.15, 0.2) is 66.7 Å². The molecule has 1 aromatic heterocycles. The zero-order valence-electron chi connectivity index (χ0n) is 18.7. The molecule has 0 spiro atoms. The third-order valence-electron chi connectivity index (χ3n) is 5.37. The first-order chi connectivity index (χ1) is 15.9. The number of benzene rings is 2. The van der Waals surface area contributed by atoms with Crippen LogP contribution < -0.4 is 5.32 Å². The highest BCUT2D eigenvalue weighted by Gasteiger charge is 2.23. The Kier molecular flexibility index (Phi) is 8.02. The second kappa shape index (κ2) is 11.1. The summed E-state index contributed by atoms with van der Waals surface area (Å²) in [7, 11) is 0. The van der Waals surface area contributed by atoms with E-state index < -0.39 is 17.8 Å². The minimum Gasteiger partial charge on any atom is -0.477 e. The zero-order chi connectivity index (χ0) is 23.8. The minimum atomic E-state index is -1.14. The van der Waals surface area contributed by atoms with E-state index in [9.17, 15) is 14.4 Å². The number of carbonyl (C=O) groups is 3. The van der Waals surface area contributed by atoms with Gasteiger partial charge in [0, 0.05) is 6.04 Å². The van der Waals surface area contributed by atoms with Crippen molar-refractivity contribution in [1.29, 1.82) is 0 Å². The van der Waals surface area contributed by atoms with E-state index in [0.717, 1.165) is 16.7 Å². The third kappa shape index (κ3) is 6.55. The highest BCUT2D eigenvalue weighted by atomic mass is 16.5.